The van der Waals surface area contributed by atoms with E-state index in [4.69, 9.17) is 0 Å². The highest BCUT2D eigenvalue weighted by atomic mass is 19.4. The molecular formula is C14H19F3N2O. The molecule has 1 aromatic heterocycles. The van der Waals surface area contributed by atoms with Gasteiger partial charge in [0.1, 0.15) is 5.75 Å². The van der Waals surface area contributed by atoms with Crippen molar-refractivity contribution in [2.24, 2.45) is 5.92 Å². The number of pyridine rings is 1. The number of aromatic hydroxyl groups is 1. The number of alkyl halides is 3. The Labute approximate surface area is 116 Å². The second kappa shape index (κ2) is 5.99. The molecule has 0 bridgehead atoms. The lowest BCUT2D eigenvalue weighted by atomic mass is 9.84. The van der Waals surface area contributed by atoms with Crippen molar-refractivity contribution in [2.45, 2.75) is 51.4 Å². The van der Waals surface area contributed by atoms with Crippen LogP contribution in [-0.2, 0) is 6.54 Å². The predicted octanol–water partition coefficient (Wildman–Crippen LogP) is 3.31. The van der Waals surface area contributed by atoms with E-state index < -0.39 is 18.1 Å². The lowest BCUT2D eigenvalue weighted by Gasteiger charge is -2.33. The molecule has 112 valence electrons. The van der Waals surface area contributed by atoms with Gasteiger partial charge in [-0.05, 0) is 31.9 Å². The van der Waals surface area contributed by atoms with Crippen LogP contribution in [0, 0.1) is 12.8 Å². The number of nitrogens with zero attached hydrogens (tertiary/aromatic N) is 1. The Bertz CT molecular complexity index is 462. The molecule has 1 aliphatic rings. The molecule has 0 amide bonds. The van der Waals surface area contributed by atoms with Crippen molar-refractivity contribution in [3.8, 4) is 5.75 Å². The summed E-state index contributed by atoms with van der Waals surface area (Å²) in [6.45, 7) is 1.94. The third-order valence-electron chi connectivity index (χ3n) is 3.81. The lowest BCUT2D eigenvalue weighted by Crippen LogP contribution is -2.45. The molecule has 1 heterocycles. The van der Waals surface area contributed by atoms with Crippen LogP contribution in [0.3, 0.4) is 0 Å². The first-order valence-electron chi connectivity index (χ1n) is 6.83. The van der Waals surface area contributed by atoms with Crippen LogP contribution < -0.4 is 5.32 Å². The Morgan fingerprint density at radius 2 is 2.00 bits per heavy atom. The molecule has 2 atom stereocenters. The number of aryl methyl sites for hydroxylation is 1. The zero-order valence-corrected chi connectivity index (χ0v) is 11.4. The summed E-state index contributed by atoms with van der Waals surface area (Å²) in [5, 5.41) is 12.6. The van der Waals surface area contributed by atoms with Crippen LogP contribution in [0.1, 0.15) is 37.1 Å². The molecule has 2 N–H and O–H groups in total. The molecule has 1 aliphatic carbocycles. The summed E-state index contributed by atoms with van der Waals surface area (Å²) < 4.78 is 38.9. The van der Waals surface area contributed by atoms with Crippen molar-refractivity contribution in [3.63, 3.8) is 0 Å². The van der Waals surface area contributed by atoms with Gasteiger partial charge in [0.2, 0.25) is 0 Å². The quantitative estimate of drug-likeness (QED) is 0.897. The molecule has 1 aromatic rings. The Hall–Kier alpha value is -1.30. The van der Waals surface area contributed by atoms with Crippen molar-refractivity contribution >= 4 is 0 Å². The number of nitrogens with one attached hydrogen (secondary N) is 1. The fraction of sp³-hybridized carbons (Fsp3) is 0.643. The highest BCUT2D eigenvalue weighted by Gasteiger charge is 2.45. The first-order valence-corrected chi connectivity index (χ1v) is 6.83. The first-order chi connectivity index (χ1) is 9.38. The Morgan fingerprint density at radius 3 is 2.70 bits per heavy atom. The average Bonchev–Trinajstić information content (AvgIpc) is 2.39. The van der Waals surface area contributed by atoms with Gasteiger partial charge in [-0.2, -0.15) is 13.2 Å². The summed E-state index contributed by atoms with van der Waals surface area (Å²) in [5.41, 5.74) is 1.13. The van der Waals surface area contributed by atoms with Crippen molar-refractivity contribution in [2.75, 3.05) is 0 Å². The van der Waals surface area contributed by atoms with Crippen LogP contribution >= 0.6 is 0 Å². The molecule has 2 rings (SSSR count). The lowest BCUT2D eigenvalue weighted by molar-refractivity contribution is -0.189. The van der Waals surface area contributed by atoms with E-state index in [9.17, 15) is 18.3 Å². The summed E-state index contributed by atoms with van der Waals surface area (Å²) in [4.78, 5) is 4.15. The monoisotopic (exact) mass is 288 g/mol. The van der Waals surface area contributed by atoms with Gasteiger partial charge in [0.15, 0.2) is 0 Å². The standard InChI is InChI=1S/C14H19F3N2O/c1-9-6-7-13(20)12(19-9)8-18-11-5-3-2-4-10(11)14(15,16)17/h6-7,10-11,18,20H,2-5,8H2,1H3. The van der Waals surface area contributed by atoms with Gasteiger partial charge >= 0.3 is 6.18 Å². The number of rotatable bonds is 3. The zero-order chi connectivity index (χ0) is 14.8. The number of hydrogen-bond acceptors (Lipinski definition) is 3. The van der Waals surface area contributed by atoms with E-state index in [0.29, 0.717) is 18.5 Å². The summed E-state index contributed by atoms with van der Waals surface area (Å²) in [6, 6.07) is 2.59. The Morgan fingerprint density at radius 1 is 1.30 bits per heavy atom. The van der Waals surface area contributed by atoms with Gasteiger partial charge in [0.05, 0.1) is 11.6 Å². The maximum absolute atomic E-state index is 13.0. The molecule has 6 heteroatoms. The molecule has 3 nitrogen and oxygen atoms in total. The summed E-state index contributed by atoms with van der Waals surface area (Å²) >= 11 is 0. The van der Waals surface area contributed by atoms with Crippen molar-refractivity contribution in [1.29, 1.82) is 0 Å². The summed E-state index contributed by atoms with van der Waals surface area (Å²) in [5.74, 6) is -1.29. The van der Waals surface area contributed by atoms with E-state index in [0.717, 1.165) is 12.1 Å². The second-order valence-electron chi connectivity index (χ2n) is 5.34. The minimum atomic E-state index is -4.17. The Kier molecular flexibility index (Phi) is 4.52. The molecular weight excluding hydrogens is 269 g/mol. The third-order valence-corrected chi connectivity index (χ3v) is 3.81. The zero-order valence-electron chi connectivity index (χ0n) is 11.4. The van der Waals surface area contributed by atoms with E-state index in [-0.39, 0.29) is 18.7 Å². The van der Waals surface area contributed by atoms with Crippen LogP contribution in [0.5, 0.6) is 5.75 Å². The molecule has 1 saturated carbocycles. The third kappa shape index (κ3) is 3.62. The van der Waals surface area contributed by atoms with Crippen LogP contribution in [0.15, 0.2) is 12.1 Å². The van der Waals surface area contributed by atoms with Crippen LogP contribution in [-0.4, -0.2) is 22.3 Å². The van der Waals surface area contributed by atoms with Gasteiger partial charge < -0.3 is 10.4 Å². The van der Waals surface area contributed by atoms with Gasteiger partial charge in [-0.25, -0.2) is 0 Å². The molecule has 2 unspecified atom stereocenters. The van der Waals surface area contributed by atoms with Crippen LogP contribution in [0.4, 0.5) is 13.2 Å². The molecule has 0 saturated heterocycles. The highest BCUT2D eigenvalue weighted by molar-refractivity contribution is 5.27. The maximum atomic E-state index is 13.0. The Balaban J connectivity index is 2.03. The average molecular weight is 288 g/mol. The number of halogens is 3. The van der Waals surface area contributed by atoms with E-state index in [1.54, 1.807) is 13.0 Å². The first kappa shape index (κ1) is 15.1. The van der Waals surface area contributed by atoms with E-state index in [1.807, 2.05) is 0 Å². The van der Waals surface area contributed by atoms with Crippen LogP contribution in [0.2, 0.25) is 0 Å². The molecule has 1 fully saturated rings. The van der Waals surface area contributed by atoms with Gasteiger partial charge in [-0.1, -0.05) is 12.8 Å². The molecule has 0 radical (unpaired) electrons. The fourth-order valence-electron chi connectivity index (χ4n) is 2.73. The molecule has 0 spiro atoms. The number of aromatic nitrogens is 1. The maximum Gasteiger partial charge on any atom is 0.393 e. The number of hydrogen-bond donors (Lipinski definition) is 2. The van der Waals surface area contributed by atoms with Gasteiger partial charge in [-0.15, -0.1) is 0 Å². The van der Waals surface area contributed by atoms with Gasteiger partial charge in [0, 0.05) is 18.3 Å². The van der Waals surface area contributed by atoms with Crippen molar-refractivity contribution in [3.05, 3.63) is 23.5 Å². The molecule has 20 heavy (non-hydrogen) atoms. The minimum Gasteiger partial charge on any atom is -0.506 e. The SMILES string of the molecule is Cc1ccc(O)c(CNC2CCCCC2C(F)(F)F)n1. The van der Waals surface area contributed by atoms with Crippen LogP contribution in [0.25, 0.3) is 0 Å². The molecule has 0 aliphatic heterocycles. The molecule has 0 aromatic carbocycles. The smallest absolute Gasteiger partial charge is 0.393 e. The van der Waals surface area contributed by atoms with Crippen molar-refractivity contribution in [1.82, 2.24) is 10.3 Å². The second-order valence-corrected chi connectivity index (χ2v) is 5.34. The summed E-state index contributed by atoms with van der Waals surface area (Å²) in [6.07, 6.45) is -2.06. The van der Waals surface area contributed by atoms with Crippen molar-refractivity contribution < 1.29 is 18.3 Å². The summed E-state index contributed by atoms with van der Waals surface area (Å²) in [7, 11) is 0. The minimum absolute atomic E-state index is 0.0162. The van der Waals surface area contributed by atoms with Gasteiger partial charge in [0.25, 0.3) is 0 Å². The predicted molar refractivity (Wildman–Crippen MR) is 69.3 cm³/mol. The highest BCUT2D eigenvalue weighted by Crippen LogP contribution is 2.37. The fourth-order valence-corrected chi connectivity index (χ4v) is 2.73. The van der Waals surface area contributed by atoms with E-state index in [2.05, 4.69) is 10.3 Å². The van der Waals surface area contributed by atoms with Gasteiger partial charge in [-0.3, -0.25) is 4.98 Å². The normalized spacial score (nSPS) is 23.8. The van der Waals surface area contributed by atoms with E-state index in [1.165, 1.54) is 6.07 Å². The van der Waals surface area contributed by atoms with E-state index >= 15 is 0 Å². The largest absolute Gasteiger partial charge is 0.506 e. The topological polar surface area (TPSA) is 45.1 Å².